The molecule has 7 heteroatoms. The van der Waals surface area contributed by atoms with Crippen molar-refractivity contribution in [1.82, 2.24) is 15.5 Å². The van der Waals surface area contributed by atoms with Crippen molar-refractivity contribution in [3.05, 3.63) is 40.9 Å². The van der Waals surface area contributed by atoms with Crippen molar-refractivity contribution in [2.24, 2.45) is 0 Å². The van der Waals surface area contributed by atoms with Crippen LogP contribution >= 0.6 is 11.3 Å². The van der Waals surface area contributed by atoms with Gasteiger partial charge in [-0.2, -0.15) is 0 Å². The van der Waals surface area contributed by atoms with Crippen LogP contribution in [0.3, 0.4) is 0 Å². The molecule has 0 radical (unpaired) electrons. The highest BCUT2D eigenvalue weighted by atomic mass is 32.1. The van der Waals surface area contributed by atoms with Crippen molar-refractivity contribution in [3.8, 4) is 0 Å². The molecule has 2 heterocycles. The van der Waals surface area contributed by atoms with Gasteiger partial charge in [0.25, 0.3) is 0 Å². The number of alkyl carbamates (subject to hydrolysis) is 1. The highest BCUT2D eigenvalue weighted by Crippen LogP contribution is 2.25. The van der Waals surface area contributed by atoms with Gasteiger partial charge in [-0.15, -0.1) is 10.2 Å². The molecule has 1 fully saturated rings. The monoisotopic (exact) mass is 346 g/mol. The summed E-state index contributed by atoms with van der Waals surface area (Å²) in [5.41, 5.74) is 1.24. The number of nitrogens with zero attached hydrogens (tertiary/aromatic N) is 3. The number of carbonyl (C=O) groups excluding carboxylic acids is 1. The number of hydrogen-bond donors (Lipinski definition) is 1. The zero-order valence-corrected chi connectivity index (χ0v) is 14.6. The molecular formula is C17H22N4O2S. The van der Waals surface area contributed by atoms with E-state index < -0.39 is 0 Å². The van der Waals surface area contributed by atoms with Gasteiger partial charge in [-0.3, -0.25) is 0 Å². The first-order valence-corrected chi connectivity index (χ1v) is 9.11. The van der Waals surface area contributed by atoms with Gasteiger partial charge >= 0.3 is 6.09 Å². The highest BCUT2D eigenvalue weighted by molar-refractivity contribution is 7.15. The quantitative estimate of drug-likeness (QED) is 0.902. The molecule has 0 bridgehead atoms. The van der Waals surface area contributed by atoms with Gasteiger partial charge in [0, 0.05) is 25.6 Å². The maximum Gasteiger partial charge on any atom is 0.407 e. The molecule has 1 aromatic carbocycles. The average Bonchev–Trinajstić information content (AvgIpc) is 3.05. The fraction of sp³-hybridized carbons (Fsp3) is 0.471. The van der Waals surface area contributed by atoms with Crippen LogP contribution in [0.2, 0.25) is 0 Å². The van der Waals surface area contributed by atoms with Crippen LogP contribution in [-0.4, -0.2) is 42.0 Å². The van der Waals surface area contributed by atoms with E-state index in [9.17, 15) is 4.79 Å². The number of rotatable bonds is 5. The van der Waals surface area contributed by atoms with Gasteiger partial charge < -0.3 is 15.0 Å². The van der Waals surface area contributed by atoms with Gasteiger partial charge in [0.05, 0.1) is 6.61 Å². The highest BCUT2D eigenvalue weighted by Gasteiger charge is 2.24. The predicted octanol–water partition coefficient (Wildman–Crippen LogP) is 2.84. The molecule has 1 amide bonds. The average molecular weight is 346 g/mol. The van der Waals surface area contributed by atoms with Crippen molar-refractivity contribution < 1.29 is 9.53 Å². The third kappa shape index (κ3) is 4.44. The maximum atomic E-state index is 11.6. The van der Waals surface area contributed by atoms with Crippen molar-refractivity contribution in [2.45, 2.75) is 32.2 Å². The molecule has 0 saturated carbocycles. The minimum atomic E-state index is -0.341. The lowest BCUT2D eigenvalue weighted by atomic mass is 10.1. The van der Waals surface area contributed by atoms with Crippen LogP contribution in [0.4, 0.5) is 9.93 Å². The first-order valence-electron chi connectivity index (χ1n) is 8.29. The fourth-order valence-electron chi connectivity index (χ4n) is 2.82. The van der Waals surface area contributed by atoms with E-state index in [4.69, 9.17) is 4.74 Å². The second-order valence-corrected chi connectivity index (χ2v) is 6.83. The van der Waals surface area contributed by atoms with Crippen LogP contribution < -0.4 is 10.2 Å². The van der Waals surface area contributed by atoms with Crippen molar-refractivity contribution in [1.29, 1.82) is 0 Å². The normalized spacial score (nSPS) is 17.5. The Labute approximate surface area is 145 Å². The zero-order chi connectivity index (χ0) is 16.8. The van der Waals surface area contributed by atoms with E-state index in [2.05, 4.69) is 32.5 Å². The number of carbonyl (C=O) groups is 1. The third-order valence-corrected chi connectivity index (χ3v) is 4.93. The Balaban J connectivity index is 1.59. The number of aromatic nitrogens is 2. The number of ether oxygens (including phenoxy) is 1. The van der Waals surface area contributed by atoms with Crippen LogP contribution in [-0.2, 0) is 11.2 Å². The van der Waals surface area contributed by atoms with Gasteiger partial charge in [0.15, 0.2) is 0 Å². The largest absolute Gasteiger partial charge is 0.450 e. The van der Waals surface area contributed by atoms with E-state index in [1.807, 2.05) is 25.1 Å². The van der Waals surface area contributed by atoms with Gasteiger partial charge in [0.1, 0.15) is 5.01 Å². The predicted molar refractivity (Wildman–Crippen MR) is 94.5 cm³/mol. The number of nitrogens with one attached hydrogen (secondary N) is 1. The summed E-state index contributed by atoms with van der Waals surface area (Å²) in [4.78, 5) is 13.8. The third-order valence-electron chi connectivity index (χ3n) is 3.94. The molecule has 6 nitrogen and oxygen atoms in total. The standard InChI is InChI=1S/C17H22N4O2S/c1-2-23-17(22)18-14-9-6-10-21(12-14)16-20-19-15(24-16)11-13-7-4-3-5-8-13/h3-5,7-8,14H,2,6,9-12H2,1H3,(H,18,22)/t14-/m0/s1. The van der Waals surface area contributed by atoms with Crippen LogP contribution in [0.25, 0.3) is 0 Å². The molecular weight excluding hydrogens is 324 g/mol. The Hall–Kier alpha value is -2.15. The van der Waals surface area contributed by atoms with E-state index in [0.29, 0.717) is 6.61 Å². The smallest absolute Gasteiger partial charge is 0.407 e. The van der Waals surface area contributed by atoms with Gasteiger partial charge in [-0.25, -0.2) is 4.79 Å². The first kappa shape index (κ1) is 16.7. The molecule has 128 valence electrons. The first-order chi connectivity index (χ1) is 11.7. The molecule has 24 heavy (non-hydrogen) atoms. The Morgan fingerprint density at radius 3 is 3.00 bits per heavy atom. The molecule has 0 aliphatic carbocycles. The molecule has 2 aromatic rings. The lowest BCUT2D eigenvalue weighted by Crippen LogP contribution is -2.48. The van der Waals surface area contributed by atoms with E-state index in [1.54, 1.807) is 11.3 Å². The fourth-order valence-corrected chi connectivity index (χ4v) is 3.73. The molecule has 3 rings (SSSR count). The van der Waals surface area contributed by atoms with Crippen LogP contribution in [0.1, 0.15) is 30.3 Å². The Morgan fingerprint density at radius 2 is 2.21 bits per heavy atom. The summed E-state index contributed by atoms with van der Waals surface area (Å²) in [5.74, 6) is 0. The van der Waals surface area contributed by atoms with E-state index in [0.717, 1.165) is 42.5 Å². The molecule has 1 aliphatic rings. The number of hydrogen-bond acceptors (Lipinski definition) is 6. The summed E-state index contributed by atoms with van der Waals surface area (Å²) in [6.45, 7) is 3.89. The Morgan fingerprint density at radius 1 is 1.38 bits per heavy atom. The van der Waals surface area contributed by atoms with Crippen molar-refractivity contribution in [2.75, 3.05) is 24.6 Å². The van der Waals surface area contributed by atoms with Gasteiger partial charge in [-0.1, -0.05) is 41.7 Å². The lowest BCUT2D eigenvalue weighted by Gasteiger charge is -2.32. The number of anilines is 1. The number of piperidine rings is 1. The van der Waals surface area contributed by atoms with Crippen LogP contribution in [0.15, 0.2) is 30.3 Å². The molecule has 1 N–H and O–H groups in total. The van der Waals surface area contributed by atoms with E-state index in [-0.39, 0.29) is 12.1 Å². The van der Waals surface area contributed by atoms with Crippen LogP contribution in [0.5, 0.6) is 0 Å². The topological polar surface area (TPSA) is 67.3 Å². The molecule has 0 unspecified atom stereocenters. The van der Waals surface area contributed by atoms with Gasteiger partial charge in [0.2, 0.25) is 5.13 Å². The minimum Gasteiger partial charge on any atom is -0.450 e. The number of benzene rings is 1. The molecule has 1 aliphatic heterocycles. The number of amides is 1. The van der Waals surface area contributed by atoms with Crippen molar-refractivity contribution >= 4 is 22.6 Å². The Bertz CT molecular complexity index is 662. The van der Waals surface area contributed by atoms with E-state index in [1.165, 1.54) is 5.56 Å². The minimum absolute atomic E-state index is 0.0965. The summed E-state index contributed by atoms with van der Waals surface area (Å²) in [6.07, 6.45) is 2.44. The molecule has 1 atom stereocenters. The molecule has 1 saturated heterocycles. The lowest BCUT2D eigenvalue weighted by molar-refractivity contribution is 0.146. The van der Waals surface area contributed by atoms with Gasteiger partial charge in [-0.05, 0) is 25.3 Å². The Kier molecular flexibility index (Phi) is 5.63. The summed E-state index contributed by atoms with van der Waals surface area (Å²) >= 11 is 1.63. The van der Waals surface area contributed by atoms with E-state index >= 15 is 0 Å². The summed E-state index contributed by atoms with van der Waals surface area (Å²) in [5, 5.41) is 13.5. The summed E-state index contributed by atoms with van der Waals surface area (Å²) < 4.78 is 4.96. The second-order valence-electron chi connectivity index (χ2n) is 5.79. The second kappa shape index (κ2) is 8.10. The molecule has 0 spiro atoms. The van der Waals surface area contributed by atoms with Crippen molar-refractivity contribution in [3.63, 3.8) is 0 Å². The van der Waals surface area contributed by atoms with Crippen LogP contribution in [0, 0.1) is 0 Å². The summed E-state index contributed by atoms with van der Waals surface area (Å²) in [7, 11) is 0. The maximum absolute atomic E-state index is 11.6. The molecule has 1 aromatic heterocycles. The SMILES string of the molecule is CCOC(=O)N[C@H]1CCCN(c2nnc(Cc3ccccc3)s2)C1. The summed E-state index contributed by atoms with van der Waals surface area (Å²) in [6, 6.07) is 10.4. The zero-order valence-electron chi connectivity index (χ0n) is 13.8.